The van der Waals surface area contributed by atoms with Crippen molar-refractivity contribution in [2.45, 2.75) is 40.5 Å². The number of hydrogen-bond donors (Lipinski definition) is 0. The van der Waals surface area contributed by atoms with Crippen LogP contribution >= 0.6 is 0 Å². The number of methoxy groups -OCH3 is 1. The van der Waals surface area contributed by atoms with Crippen LogP contribution in [0.1, 0.15) is 44.7 Å². The van der Waals surface area contributed by atoms with E-state index < -0.39 is 0 Å². The fraction of sp³-hybridized carbons (Fsp3) is 0.348. The van der Waals surface area contributed by atoms with Crippen molar-refractivity contribution in [1.29, 1.82) is 0 Å². The van der Waals surface area contributed by atoms with E-state index in [2.05, 4.69) is 57.2 Å². The summed E-state index contributed by atoms with van der Waals surface area (Å²) >= 11 is 0. The molecule has 0 heterocycles. The average molecular weight is 336 g/mol. The third-order valence-electron chi connectivity index (χ3n) is 4.82. The van der Waals surface area contributed by atoms with Crippen molar-refractivity contribution < 1.29 is 9.53 Å². The molecular weight excluding hydrogens is 308 g/mol. The summed E-state index contributed by atoms with van der Waals surface area (Å²) < 4.78 is 5.24. The lowest BCUT2D eigenvalue weighted by Gasteiger charge is -2.13. The molecule has 2 rings (SSSR count). The Morgan fingerprint density at radius 3 is 2.40 bits per heavy atom. The van der Waals surface area contributed by atoms with E-state index in [0.29, 0.717) is 5.92 Å². The molecule has 0 saturated carbocycles. The van der Waals surface area contributed by atoms with Crippen molar-refractivity contribution in [3.8, 4) is 16.9 Å². The molecule has 2 aromatic carbocycles. The van der Waals surface area contributed by atoms with Crippen LogP contribution in [-0.4, -0.2) is 12.9 Å². The highest BCUT2D eigenvalue weighted by Crippen LogP contribution is 2.29. The minimum absolute atomic E-state index is 0.162. The molecule has 0 radical (unpaired) electrons. The molecule has 132 valence electrons. The van der Waals surface area contributed by atoms with Crippen molar-refractivity contribution >= 4 is 11.9 Å². The zero-order chi connectivity index (χ0) is 18.4. The lowest BCUT2D eigenvalue weighted by Crippen LogP contribution is -2.03. The van der Waals surface area contributed by atoms with E-state index in [4.69, 9.17) is 4.74 Å². The van der Waals surface area contributed by atoms with Gasteiger partial charge in [0.05, 0.1) is 7.11 Å². The Hall–Kier alpha value is -2.35. The molecule has 0 aliphatic heterocycles. The van der Waals surface area contributed by atoms with Gasteiger partial charge < -0.3 is 4.74 Å². The Morgan fingerprint density at radius 1 is 1.16 bits per heavy atom. The van der Waals surface area contributed by atoms with E-state index >= 15 is 0 Å². The molecular formula is C23H28O2. The molecule has 1 atom stereocenters. The summed E-state index contributed by atoms with van der Waals surface area (Å²) in [5, 5.41) is 0. The van der Waals surface area contributed by atoms with Crippen LogP contribution in [-0.2, 0) is 4.79 Å². The van der Waals surface area contributed by atoms with Crippen LogP contribution in [0.5, 0.6) is 5.75 Å². The molecule has 2 aromatic rings. The topological polar surface area (TPSA) is 26.3 Å². The number of ether oxygens (including phenoxy) is 1. The third-order valence-corrected chi connectivity index (χ3v) is 4.82. The van der Waals surface area contributed by atoms with E-state index in [0.717, 1.165) is 35.3 Å². The van der Waals surface area contributed by atoms with Crippen molar-refractivity contribution in [1.82, 2.24) is 0 Å². The van der Waals surface area contributed by atoms with Crippen LogP contribution in [0.4, 0.5) is 0 Å². The van der Waals surface area contributed by atoms with Gasteiger partial charge in [0.15, 0.2) is 5.78 Å². The minimum Gasteiger partial charge on any atom is -0.497 e. The lowest BCUT2D eigenvalue weighted by molar-refractivity contribution is -0.113. The van der Waals surface area contributed by atoms with Crippen LogP contribution in [0, 0.1) is 12.8 Å². The SMILES string of the molecule is CCC(C)C/C(=C\c1cccc(-c2ccc(OC)cc2)c1C)C(C)=O. The maximum Gasteiger partial charge on any atom is 0.155 e. The van der Waals surface area contributed by atoms with E-state index in [-0.39, 0.29) is 5.78 Å². The molecule has 25 heavy (non-hydrogen) atoms. The molecule has 0 amide bonds. The van der Waals surface area contributed by atoms with Gasteiger partial charge in [-0.3, -0.25) is 4.79 Å². The first-order valence-corrected chi connectivity index (χ1v) is 8.91. The Labute approximate surface area is 151 Å². The van der Waals surface area contributed by atoms with E-state index in [1.54, 1.807) is 14.0 Å². The summed E-state index contributed by atoms with van der Waals surface area (Å²) in [6.45, 7) is 8.14. The van der Waals surface area contributed by atoms with Gasteiger partial charge in [0.2, 0.25) is 0 Å². The standard InChI is InChI=1S/C23H28O2/c1-6-16(2)14-21(18(4)24)15-20-8-7-9-23(17(20)3)19-10-12-22(25-5)13-11-19/h7-13,15-16H,6,14H2,1-5H3/b21-15+. The maximum atomic E-state index is 12.1. The summed E-state index contributed by atoms with van der Waals surface area (Å²) in [6, 6.07) is 14.3. The minimum atomic E-state index is 0.162. The number of Topliss-reactive ketones (excluding diaryl/α,β-unsaturated/α-hetero) is 1. The largest absolute Gasteiger partial charge is 0.497 e. The molecule has 0 fully saturated rings. The van der Waals surface area contributed by atoms with Gasteiger partial charge in [0.25, 0.3) is 0 Å². The molecule has 0 bridgehead atoms. The first-order chi connectivity index (χ1) is 12.0. The smallest absolute Gasteiger partial charge is 0.155 e. The predicted molar refractivity (Wildman–Crippen MR) is 106 cm³/mol. The lowest BCUT2D eigenvalue weighted by atomic mass is 9.91. The van der Waals surface area contributed by atoms with Crippen LogP contribution in [0.3, 0.4) is 0 Å². The molecule has 2 heteroatoms. The van der Waals surface area contributed by atoms with Crippen LogP contribution in [0.25, 0.3) is 17.2 Å². The first-order valence-electron chi connectivity index (χ1n) is 8.91. The van der Waals surface area contributed by atoms with E-state index in [1.807, 2.05) is 12.1 Å². The monoisotopic (exact) mass is 336 g/mol. The highest BCUT2D eigenvalue weighted by atomic mass is 16.5. The van der Waals surface area contributed by atoms with Gasteiger partial charge in [-0.15, -0.1) is 0 Å². The molecule has 0 aromatic heterocycles. The summed E-state index contributed by atoms with van der Waals surface area (Å²) in [5.41, 5.74) is 5.55. The number of ketones is 1. The molecule has 1 unspecified atom stereocenters. The fourth-order valence-electron chi connectivity index (χ4n) is 2.90. The van der Waals surface area contributed by atoms with Crippen LogP contribution in [0.15, 0.2) is 48.0 Å². The Bertz CT molecular complexity index is 754. The van der Waals surface area contributed by atoms with Gasteiger partial charge in [0.1, 0.15) is 5.75 Å². The number of benzene rings is 2. The van der Waals surface area contributed by atoms with Crippen molar-refractivity contribution in [2.24, 2.45) is 5.92 Å². The number of rotatable bonds is 7. The van der Waals surface area contributed by atoms with Gasteiger partial charge in [0, 0.05) is 0 Å². The number of hydrogen-bond acceptors (Lipinski definition) is 2. The zero-order valence-electron chi connectivity index (χ0n) is 15.9. The fourth-order valence-corrected chi connectivity index (χ4v) is 2.90. The summed E-state index contributed by atoms with van der Waals surface area (Å²) in [5.74, 6) is 1.53. The molecule has 0 saturated heterocycles. The second-order valence-electron chi connectivity index (χ2n) is 6.69. The quantitative estimate of drug-likeness (QED) is 0.573. The van der Waals surface area contributed by atoms with Gasteiger partial charge in [-0.05, 0) is 72.2 Å². The van der Waals surface area contributed by atoms with Crippen molar-refractivity contribution in [3.63, 3.8) is 0 Å². The maximum absolute atomic E-state index is 12.1. The summed E-state index contributed by atoms with van der Waals surface area (Å²) in [6.07, 6.45) is 3.98. The molecule has 0 aliphatic rings. The van der Waals surface area contributed by atoms with Crippen molar-refractivity contribution in [2.75, 3.05) is 7.11 Å². The average Bonchev–Trinajstić information content (AvgIpc) is 2.62. The van der Waals surface area contributed by atoms with Gasteiger partial charge >= 0.3 is 0 Å². The Kier molecular flexibility index (Phi) is 6.58. The number of carbonyl (C=O) groups excluding carboxylic acids is 1. The first kappa shape index (κ1) is 19.0. The second-order valence-corrected chi connectivity index (χ2v) is 6.69. The highest BCUT2D eigenvalue weighted by Gasteiger charge is 2.11. The van der Waals surface area contributed by atoms with Gasteiger partial charge in [-0.2, -0.15) is 0 Å². The molecule has 0 N–H and O–H groups in total. The predicted octanol–water partition coefficient (Wildman–Crippen LogP) is 6.08. The Balaban J connectivity index is 2.42. The highest BCUT2D eigenvalue weighted by molar-refractivity contribution is 5.98. The number of allylic oxidation sites excluding steroid dienone is 1. The molecule has 0 aliphatic carbocycles. The molecule has 0 spiro atoms. The summed E-state index contributed by atoms with van der Waals surface area (Å²) in [7, 11) is 1.67. The summed E-state index contributed by atoms with van der Waals surface area (Å²) in [4.78, 5) is 12.1. The van der Waals surface area contributed by atoms with Gasteiger partial charge in [-0.1, -0.05) is 50.6 Å². The zero-order valence-corrected chi connectivity index (χ0v) is 15.9. The second kappa shape index (κ2) is 8.66. The number of carbonyl (C=O) groups is 1. The normalized spacial score (nSPS) is 12.8. The van der Waals surface area contributed by atoms with Crippen LogP contribution < -0.4 is 4.74 Å². The Morgan fingerprint density at radius 2 is 1.84 bits per heavy atom. The van der Waals surface area contributed by atoms with Gasteiger partial charge in [-0.25, -0.2) is 0 Å². The van der Waals surface area contributed by atoms with Crippen molar-refractivity contribution in [3.05, 3.63) is 59.2 Å². The molecule has 2 nitrogen and oxygen atoms in total. The van der Waals surface area contributed by atoms with Crippen LogP contribution in [0.2, 0.25) is 0 Å². The third kappa shape index (κ3) is 4.82. The van der Waals surface area contributed by atoms with E-state index in [1.165, 1.54) is 11.1 Å². The van der Waals surface area contributed by atoms with E-state index in [9.17, 15) is 4.79 Å².